The van der Waals surface area contributed by atoms with Crippen molar-refractivity contribution < 1.29 is 14.6 Å². The molecule has 0 bridgehead atoms. The molecule has 0 amide bonds. The minimum Gasteiger partial charge on any atom is -0.454 e. The van der Waals surface area contributed by atoms with Gasteiger partial charge in [0.1, 0.15) is 5.82 Å². The number of rotatable bonds is 4. The predicted molar refractivity (Wildman–Crippen MR) is 88.2 cm³/mol. The van der Waals surface area contributed by atoms with Crippen LogP contribution in [0, 0.1) is 0 Å². The van der Waals surface area contributed by atoms with Crippen molar-refractivity contribution in [1.82, 2.24) is 14.9 Å². The van der Waals surface area contributed by atoms with Crippen LogP contribution in [0.2, 0.25) is 0 Å². The molecule has 7 heteroatoms. The molecule has 1 unspecified atom stereocenters. The highest BCUT2D eigenvalue weighted by molar-refractivity contribution is 5.45. The van der Waals surface area contributed by atoms with Crippen molar-refractivity contribution in [1.29, 1.82) is 0 Å². The molecule has 0 spiro atoms. The Balaban J connectivity index is 1.33. The highest BCUT2D eigenvalue weighted by Gasteiger charge is 2.22. The summed E-state index contributed by atoms with van der Waals surface area (Å²) >= 11 is 0. The summed E-state index contributed by atoms with van der Waals surface area (Å²) in [5, 5.41) is 10.5. The second kappa shape index (κ2) is 6.62. The monoisotopic (exact) mass is 328 g/mol. The van der Waals surface area contributed by atoms with E-state index in [1.807, 2.05) is 18.2 Å². The molecule has 1 atom stereocenters. The van der Waals surface area contributed by atoms with Gasteiger partial charge in [0.15, 0.2) is 11.5 Å². The van der Waals surface area contributed by atoms with Crippen molar-refractivity contribution in [2.45, 2.75) is 6.10 Å². The normalized spacial score (nSPS) is 18.6. The number of nitrogens with zero attached hydrogens (tertiary/aromatic N) is 4. The summed E-state index contributed by atoms with van der Waals surface area (Å²) < 4.78 is 10.7. The summed E-state index contributed by atoms with van der Waals surface area (Å²) in [6.07, 6.45) is 4.64. The molecule has 1 saturated heterocycles. The van der Waals surface area contributed by atoms with Crippen LogP contribution < -0.4 is 14.4 Å². The number of hydrogen-bond acceptors (Lipinski definition) is 7. The zero-order chi connectivity index (χ0) is 16.4. The SMILES string of the molecule is OC(CN1CCN(c2cnccn2)CC1)c1ccc2c(c1)OCO2. The quantitative estimate of drug-likeness (QED) is 0.900. The Morgan fingerprint density at radius 3 is 2.71 bits per heavy atom. The number of ether oxygens (including phenoxy) is 2. The number of hydrogen-bond donors (Lipinski definition) is 1. The van der Waals surface area contributed by atoms with Gasteiger partial charge in [0.25, 0.3) is 0 Å². The van der Waals surface area contributed by atoms with E-state index in [0.29, 0.717) is 12.3 Å². The number of piperazine rings is 1. The average molecular weight is 328 g/mol. The summed E-state index contributed by atoms with van der Waals surface area (Å²) in [6, 6.07) is 5.61. The first-order chi connectivity index (χ1) is 11.8. The summed E-state index contributed by atoms with van der Waals surface area (Å²) in [7, 11) is 0. The number of aliphatic hydroxyl groups is 1. The lowest BCUT2D eigenvalue weighted by atomic mass is 10.1. The van der Waals surface area contributed by atoms with Crippen LogP contribution in [0.25, 0.3) is 0 Å². The molecule has 126 valence electrons. The van der Waals surface area contributed by atoms with Gasteiger partial charge in [-0.2, -0.15) is 0 Å². The molecule has 24 heavy (non-hydrogen) atoms. The molecule has 0 radical (unpaired) electrons. The van der Waals surface area contributed by atoms with Gasteiger partial charge >= 0.3 is 0 Å². The lowest BCUT2D eigenvalue weighted by Gasteiger charge is -2.36. The Kier molecular flexibility index (Phi) is 4.18. The molecule has 2 aromatic rings. The first-order valence-electron chi connectivity index (χ1n) is 8.10. The minimum absolute atomic E-state index is 0.249. The van der Waals surface area contributed by atoms with Gasteiger partial charge in [-0.1, -0.05) is 6.07 Å². The molecule has 1 aromatic heterocycles. The number of aromatic nitrogens is 2. The average Bonchev–Trinajstić information content (AvgIpc) is 3.11. The maximum Gasteiger partial charge on any atom is 0.231 e. The van der Waals surface area contributed by atoms with E-state index in [1.165, 1.54) is 0 Å². The van der Waals surface area contributed by atoms with Gasteiger partial charge in [0, 0.05) is 45.1 Å². The van der Waals surface area contributed by atoms with Gasteiger partial charge in [-0.3, -0.25) is 9.88 Å². The van der Waals surface area contributed by atoms with Gasteiger partial charge in [-0.05, 0) is 17.7 Å². The summed E-state index contributed by atoms with van der Waals surface area (Å²) in [5.74, 6) is 2.36. The summed E-state index contributed by atoms with van der Waals surface area (Å²) in [6.45, 7) is 4.39. The molecule has 1 N–H and O–H groups in total. The lowest BCUT2D eigenvalue weighted by molar-refractivity contribution is 0.109. The number of aliphatic hydroxyl groups excluding tert-OH is 1. The van der Waals surface area contributed by atoms with Crippen molar-refractivity contribution in [3.63, 3.8) is 0 Å². The topological polar surface area (TPSA) is 71.0 Å². The van der Waals surface area contributed by atoms with E-state index >= 15 is 0 Å². The molecule has 1 fully saturated rings. The zero-order valence-electron chi connectivity index (χ0n) is 13.3. The first-order valence-corrected chi connectivity index (χ1v) is 8.10. The van der Waals surface area contributed by atoms with E-state index in [1.54, 1.807) is 18.6 Å². The molecule has 3 heterocycles. The number of benzene rings is 1. The standard InChI is InChI=1S/C17H20N4O3/c22-14(13-1-2-15-16(9-13)24-12-23-15)11-20-5-7-21(8-6-20)17-10-18-3-4-19-17/h1-4,9-10,14,22H,5-8,11-12H2. The first kappa shape index (κ1) is 15.2. The lowest BCUT2D eigenvalue weighted by Crippen LogP contribution is -2.47. The van der Waals surface area contributed by atoms with Crippen LogP contribution in [0.15, 0.2) is 36.8 Å². The third-order valence-electron chi connectivity index (χ3n) is 4.46. The van der Waals surface area contributed by atoms with Gasteiger partial charge in [-0.15, -0.1) is 0 Å². The Bertz CT molecular complexity index is 689. The molecule has 0 aliphatic carbocycles. The fourth-order valence-corrected chi connectivity index (χ4v) is 3.08. The second-order valence-electron chi connectivity index (χ2n) is 5.98. The van der Waals surface area contributed by atoms with Gasteiger partial charge in [0.2, 0.25) is 6.79 Å². The molecular formula is C17H20N4O3. The van der Waals surface area contributed by atoms with E-state index in [9.17, 15) is 5.11 Å². The van der Waals surface area contributed by atoms with Crippen LogP contribution in [0.1, 0.15) is 11.7 Å². The molecule has 4 rings (SSSR count). The van der Waals surface area contributed by atoms with Crippen LogP contribution in [-0.4, -0.2) is 59.5 Å². The third kappa shape index (κ3) is 3.13. The second-order valence-corrected chi connectivity index (χ2v) is 5.98. The maximum atomic E-state index is 10.5. The highest BCUT2D eigenvalue weighted by Crippen LogP contribution is 2.34. The molecule has 2 aliphatic heterocycles. The zero-order valence-corrected chi connectivity index (χ0v) is 13.3. The molecular weight excluding hydrogens is 308 g/mol. The van der Waals surface area contributed by atoms with Crippen LogP contribution in [0.5, 0.6) is 11.5 Å². The minimum atomic E-state index is -0.539. The fourth-order valence-electron chi connectivity index (χ4n) is 3.08. The molecule has 7 nitrogen and oxygen atoms in total. The summed E-state index contributed by atoms with van der Waals surface area (Å²) in [5.41, 5.74) is 0.857. The Labute approximate surface area is 140 Å². The van der Waals surface area contributed by atoms with Crippen molar-refractivity contribution in [3.05, 3.63) is 42.4 Å². The van der Waals surface area contributed by atoms with E-state index in [4.69, 9.17) is 9.47 Å². The van der Waals surface area contributed by atoms with E-state index in [0.717, 1.165) is 43.3 Å². The van der Waals surface area contributed by atoms with Crippen LogP contribution in [-0.2, 0) is 0 Å². The van der Waals surface area contributed by atoms with Crippen LogP contribution in [0.4, 0.5) is 5.82 Å². The maximum absolute atomic E-state index is 10.5. The largest absolute Gasteiger partial charge is 0.454 e. The van der Waals surface area contributed by atoms with Crippen molar-refractivity contribution in [2.24, 2.45) is 0 Å². The van der Waals surface area contributed by atoms with Crippen molar-refractivity contribution >= 4 is 5.82 Å². The van der Waals surface area contributed by atoms with Crippen LogP contribution in [0.3, 0.4) is 0 Å². The van der Waals surface area contributed by atoms with Gasteiger partial charge in [-0.25, -0.2) is 4.98 Å². The third-order valence-corrected chi connectivity index (χ3v) is 4.46. The molecule has 2 aliphatic rings. The van der Waals surface area contributed by atoms with Gasteiger partial charge in [0.05, 0.1) is 12.3 Å². The Morgan fingerprint density at radius 2 is 1.92 bits per heavy atom. The molecule has 0 saturated carbocycles. The van der Waals surface area contributed by atoms with Crippen LogP contribution >= 0.6 is 0 Å². The fraction of sp³-hybridized carbons (Fsp3) is 0.412. The summed E-state index contributed by atoms with van der Waals surface area (Å²) in [4.78, 5) is 12.9. The van der Waals surface area contributed by atoms with Crippen molar-refractivity contribution in [3.8, 4) is 11.5 Å². The highest BCUT2D eigenvalue weighted by atomic mass is 16.7. The van der Waals surface area contributed by atoms with E-state index < -0.39 is 6.10 Å². The Hall–Kier alpha value is -2.38. The number of β-amino-alcohol motifs (C(OH)–C–C–N with tert-alkyl or cyclic N) is 1. The smallest absolute Gasteiger partial charge is 0.231 e. The van der Waals surface area contributed by atoms with E-state index in [2.05, 4.69) is 19.8 Å². The Morgan fingerprint density at radius 1 is 1.08 bits per heavy atom. The number of fused-ring (bicyclic) bond motifs is 1. The predicted octanol–water partition coefficient (Wildman–Crippen LogP) is 1.06. The number of anilines is 1. The molecule has 1 aromatic carbocycles. The van der Waals surface area contributed by atoms with E-state index in [-0.39, 0.29) is 6.79 Å². The van der Waals surface area contributed by atoms with Gasteiger partial charge < -0.3 is 19.5 Å². The van der Waals surface area contributed by atoms with Crippen molar-refractivity contribution in [2.75, 3.05) is 44.4 Å².